The predicted octanol–water partition coefficient (Wildman–Crippen LogP) is 1.59. The van der Waals surface area contributed by atoms with Crippen LogP contribution in [0.25, 0.3) is 0 Å². The third-order valence-electron chi connectivity index (χ3n) is 0.130. The molecular formula is C3H3F2Y-. The second-order valence-electron chi connectivity index (χ2n) is 0.628. The molecule has 0 bridgehead atoms. The van der Waals surface area contributed by atoms with Crippen molar-refractivity contribution in [3.63, 3.8) is 0 Å². The summed E-state index contributed by atoms with van der Waals surface area (Å²) in [5.74, 6) is -0.912. The molecule has 0 aliphatic carbocycles. The summed E-state index contributed by atoms with van der Waals surface area (Å²) in [6, 6.07) is 0. The van der Waals surface area contributed by atoms with Crippen LogP contribution in [0.15, 0.2) is 5.83 Å². The van der Waals surface area contributed by atoms with Gasteiger partial charge in [0.05, 0.1) is 0 Å². The van der Waals surface area contributed by atoms with Crippen LogP contribution in [0, 0.1) is 6.33 Å². The maximum atomic E-state index is 10.9. The molecule has 0 saturated carbocycles. The second-order valence-corrected chi connectivity index (χ2v) is 0.628. The van der Waals surface area contributed by atoms with Crippen molar-refractivity contribution in [1.29, 1.82) is 0 Å². The van der Waals surface area contributed by atoms with Crippen LogP contribution >= 0.6 is 0 Å². The summed E-state index contributed by atoms with van der Waals surface area (Å²) in [5.41, 5.74) is 0. The monoisotopic (exact) mass is 166 g/mol. The van der Waals surface area contributed by atoms with Crippen LogP contribution in [0.1, 0.15) is 6.92 Å². The number of rotatable bonds is 0. The van der Waals surface area contributed by atoms with E-state index in [1.54, 1.807) is 0 Å². The minimum Gasteiger partial charge on any atom is -0.456 e. The number of hydrogen-bond donors (Lipinski definition) is 0. The molecule has 33 valence electrons. The molecule has 0 fully saturated rings. The molecule has 0 rings (SSSR count). The molecular weight excluding hydrogens is 163 g/mol. The van der Waals surface area contributed by atoms with Gasteiger partial charge in [-0.25, -0.2) is 0 Å². The maximum absolute atomic E-state index is 10.9. The second kappa shape index (κ2) is 5.70. The summed E-state index contributed by atoms with van der Waals surface area (Å²) >= 11 is 0. The van der Waals surface area contributed by atoms with Crippen LogP contribution in [0.4, 0.5) is 8.78 Å². The molecule has 0 saturated heterocycles. The number of halogens is 2. The molecule has 6 heavy (non-hydrogen) atoms. The molecule has 0 spiro atoms. The van der Waals surface area contributed by atoms with E-state index in [-0.39, 0.29) is 32.7 Å². The first kappa shape index (κ1) is 9.86. The zero-order valence-corrected chi connectivity index (χ0v) is 6.17. The van der Waals surface area contributed by atoms with Crippen LogP contribution in [-0.2, 0) is 32.7 Å². The van der Waals surface area contributed by atoms with Gasteiger partial charge in [0, 0.05) is 32.7 Å². The summed E-state index contributed by atoms with van der Waals surface area (Å²) < 4.78 is 21.3. The van der Waals surface area contributed by atoms with E-state index < -0.39 is 5.83 Å². The standard InChI is InChI=1S/C3H3F2.Y/c1-3(5)2-4;/h1H3;/q-1;. The van der Waals surface area contributed by atoms with Crippen molar-refractivity contribution in [2.75, 3.05) is 0 Å². The van der Waals surface area contributed by atoms with Crippen molar-refractivity contribution in [3.05, 3.63) is 12.2 Å². The minimum absolute atomic E-state index is 0. The van der Waals surface area contributed by atoms with Gasteiger partial charge in [-0.1, -0.05) is 5.83 Å². The third kappa shape index (κ3) is 8.83. The van der Waals surface area contributed by atoms with Gasteiger partial charge >= 0.3 is 0 Å². The zero-order chi connectivity index (χ0) is 4.28. The largest absolute Gasteiger partial charge is 0.456 e. The van der Waals surface area contributed by atoms with Gasteiger partial charge in [0.25, 0.3) is 0 Å². The van der Waals surface area contributed by atoms with E-state index in [1.807, 2.05) is 0 Å². The third-order valence-corrected chi connectivity index (χ3v) is 0.130. The van der Waals surface area contributed by atoms with Gasteiger partial charge in [0.1, 0.15) is 0 Å². The van der Waals surface area contributed by atoms with Crippen molar-refractivity contribution < 1.29 is 41.5 Å². The first-order valence-corrected chi connectivity index (χ1v) is 1.13. The summed E-state index contributed by atoms with van der Waals surface area (Å²) in [6.07, 6.45) is 0.778. The Morgan fingerprint density at radius 3 is 1.83 bits per heavy atom. The Bertz CT molecular complexity index is 46.8. The van der Waals surface area contributed by atoms with Gasteiger partial charge in [-0.05, 0) is 6.92 Å². The topological polar surface area (TPSA) is 0 Å². The van der Waals surface area contributed by atoms with Crippen molar-refractivity contribution >= 4 is 0 Å². The average Bonchev–Trinajstić information content (AvgIpc) is 1.38. The molecule has 0 aliphatic heterocycles. The molecule has 0 aromatic heterocycles. The van der Waals surface area contributed by atoms with Gasteiger partial charge in [-0.3, -0.25) is 10.7 Å². The Kier molecular flexibility index (Phi) is 9.37. The first-order chi connectivity index (χ1) is 2.27. The molecule has 0 aromatic carbocycles. The summed E-state index contributed by atoms with van der Waals surface area (Å²) in [6.45, 7) is 0.986. The molecule has 0 nitrogen and oxygen atoms in total. The van der Waals surface area contributed by atoms with Crippen LogP contribution < -0.4 is 0 Å². The normalized spacial score (nSPS) is 10.2. The number of allylic oxidation sites excluding steroid dienone is 1. The Morgan fingerprint density at radius 2 is 1.83 bits per heavy atom. The zero-order valence-electron chi connectivity index (χ0n) is 3.33. The molecule has 0 aromatic rings. The van der Waals surface area contributed by atoms with E-state index in [2.05, 4.69) is 0 Å². The van der Waals surface area contributed by atoms with E-state index in [0.717, 1.165) is 13.3 Å². The maximum Gasteiger partial charge on any atom is 0 e. The number of hydrogen-bond acceptors (Lipinski definition) is 0. The van der Waals surface area contributed by atoms with Crippen LogP contribution in [-0.4, -0.2) is 0 Å². The fourth-order valence-electron chi connectivity index (χ4n) is 0. The van der Waals surface area contributed by atoms with Gasteiger partial charge in [-0.15, -0.1) is 0 Å². The smallest absolute Gasteiger partial charge is 0 e. The van der Waals surface area contributed by atoms with Crippen molar-refractivity contribution in [3.8, 4) is 0 Å². The van der Waals surface area contributed by atoms with E-state index in [1.165, 1.54) is 0 Å². The van der Waals surface area contributed by atoms with Crippen molar-refractivity contribution in [2.24, 2.45) is 0 Å². The van der Waals surface area contributed by atoms with Gasteiger partial charge < -0.3 is 4.39 Å². The molecule has 0 atom stereocenters. The molecule has 0 aliphatic rings. The summed E-state index contributed by atoms with van der Waals surface area (Å²) in [4.78, 5) is 0. The van der Waals surface area contributed by atoms with Crippen LogP contribution in [0.5, 0.6) is 0 Å². The van der Waals surface area contributed by atoms with Gasteiger partial charge in [-0.2, -0.15) is 0 Å². The molecule has 0 unspecified atom stereocenters. The fourth-order valence-corrected chi connectivity index (χ4v) is 0. The Hall–Kier alpha value is 0.704. The summed E-state index contributed by atoms with van der Waals surface area (Å²) in [5, 5.41) is 0. The molecule has 0 amide bonds. The first-order valence-electron chi connectivity index (χ1n) is 1.13. The SMILES string of the molecule is CC(F)=[C-]F.[Y]. The van der Waals surface area contributed by atoms with Crippen LogP contribution in [0.3, 0.4) is 0 Å². The fraction of sp³-hybridized carbons (Fsp3) is 0.333. The molecule has 1 radical (unpaired) electrons. The molecule has 3 heteroatoms. The van der Waals surface area contributed by atoms with Crippen molar-refractivity contribution in [1.82, 2.24) is 0 Å². The van der Waals surface area contributed by atoms with Gasteiger partial charge in [0.2, 0.25) is 0 Å². The van der Waals surface area contributed by atoms with Crippen molar-refractivity contribution in [2.45, 2.75) is 6.92 Å². The summed E-state index contributed by atoms with van der Waals surface area (Å²) in [7, 11) is 0. The van der Waals surface area contributed by atoms with E-state index in [4.69, 9.17) is 0 Å². The predicted molar refractivity (Wildman–Crippen MR) is 14.6 cm³/mol. The Labute approximate surface area is 60.5 Å². The molecule has 0 N–H and O–H groups in total. The van der Waals surface area contributed by atoms with Gasteiger partial charge in [0.15, 0.2) is 0 Å². The van der Waals surface area contributed by atoms with E-state index in [0.29, 0.717) is 0 Å². The van der Waals surface area contributed by atoms with E-state index >= 15 is 0 Å². The average molecular weight is 166 g/mol. The van der Waals surface area contributed by atoms with Crippen LogP contribution in [0.2, 0.25) is 0 Å². The minimum atomic E-state index is -0.912. The Balaban J connectivity index is 0. The Morgan fingerprint density at radius 1 is 1.67 bits per heavy atom. The van der Waals surface area contributed by atoms with E-state index in [9.17, 15) is 8.78 Å². The molecule has 0 heterocycles. The quantitative estimate of drug-likeness (QED) is 0.479.